The van der Waals surface area contributed by atoms with Crippen LogP contribution in [0, 0.1) is 0 Å². The Balaban J connectivity index is 1.40. The van der Waals surface area contributed by atoms with E-state index in [0.717, 1.165) is 24.2 Å². The minimum Gasteiger partial charge on any atom is -0.427 e. The summed E-state index contributed by atoms with van der Waals surface area (Å²) in [6.07, 6.45) is 0. The molecular weight excluding hydrogens is 424 g/mol. The van der Waals surface area contributed by atoms with Gasteiger partial charge in [-0.1, -0.05) is 63.2 Å². The second kappa shape index (κ2) is 9.72. The van der Waals surface area contributed by atoms with E-state index in [0.29, 0.717) is 24.4 Å². The van der Waals surface area contributed by atoms with E-state index >= 15 is 0 Å². The Morgan fingerprint density at radius 3 is 1.88 bits per heavy atom. The molecule has 0 aliphatic carbocycles. The third kappa shape index (κ3) is 5.30. The van der Waals surface area contributed by atoms with Crippen LogP contribution in [-0.4, -0.2) is 43.0 Å². The molecule has 0 radical (unpaired) electrons. The molecule has 1 amide bonds. The monoisotopic (exact) mass is 456 g/mol. The number of carbonyl (C=O) groups excluding carboxylic acids is 2. The smallest absolute Gasteiger partial charge is 0.308 e. The molecule has 0 spiro atoms. The van der Waals surface area contributed by atoms with Crippen LogP contribution in [0.2, 0.25) is 0 Å². The maximum Gasteiger partial charge on any atom is 0.308 e. The Kier molecular flexibility index (Phi) is 6.73. The van der Waals surface area contributed by atoms with Crippen LogP contribution >= 0.6 is 0 Å². The van der Waals surface area contributed by atoms with Gasteiger partial charge in [0.1, 0.15) is 5.75 Å². The van der Waals surface area contributed by atoms with Crippen LogP contribution < -0.4 is 9.64 Å². The standard InChI is InChI=1S/C29H32N2O3/c1-21(32)34-25-15-13-23(14-16-25)22-9-11-24(12-10-22)28(33)31-19-17-30(18-20-31)27-8-6-5-7-26(27)29(2,3)4/h5-16H,17-20H2,1-4H3. The van der Waals surface area contributed by atoms with Crippen LogP contribution in [0.5, 0.6) is 5.75 Å². The van der Waals surface area contributed by atoms with Gasteiger partial charge in [-0.15, -0.1) is 0 Å². The lowest BCUT2D eigenvalue weighted by molar-refractivity contribution is -0.131. The molecule has 3 aromatic carbocycles. The molecule has 0 unspecified atom stereocenters. The summed E-state index contributed by atoms with van der Waals surface area (Å²) in [4.78, 5) is 28.5. The molecule has 0 aromatic heterocycles. The van der Waals surface area contributed by atoms with Gasteiger partial charge in [-0.3, -0.25) is 9.59 Å². The van der Waals surface area contributed by atoms with E-state index in [1.165, 1.54) is 18.2 Å². The SMILES string of the molecule is CC(=O)Oc1ccc(-c2ccc(C(=O)N3CCN(c4ccccc4C(C)(C)C)CC3)cc2)cc1. The number of piperazine rings is 1. The third-order valence-electron chi connectivity index (χ3n) is 6.20. The first-order chi connectivity index (χ1) is 16.2. The summed E-state index contributed by atoms with van der Waals surface area (Å²) in [5, 5.41) is 0. The molecule has 176 valence electrons. The van der Waals surface area contributed by atoms with Crippen LogP contribution in [0.4, 0.5) is 5.69 Å². The molecule has 5 nitrogen and oxygen atoms in total. The number of hydrogen-bond acceptors (Lipinski definition) is 4. The number of nitrogens with zero attached hydrogens (tertiary/aromatic N) is 2. The number of esters is 1. The van der Waals surface area contributed by atoms with E-state index in [-0.39, 0.29) is 17.3 Å². The number of carbonyl (C=O) groups is 2. The predicted octanol–water partition coefficient (Wildman–Crippen LogP) is 5.54. The van der Waals surface area contributed by atoms with Crippen LogP contribution in [0.15, 0.2) is 72.8 Å². The number of para-hydroxylation sites is 1. The van der Waals surface area contributed by atoms with Gasteiger partial charge in [0, 0.05) is 44.4 Å². The summed E-state index contributed by atoms with van der Waals surface area (Å²) in [5.41, 5.74) is 5.39. The molecule has 0 bridgehead atoms. The van der Waals surface area contributed by atoms with Crippen molar-refractivity contribution in [2.24, 2.45) is 0 Å². The minimum atomic E-state index is -0.338. The molecule has 4 rings (SSSR count). The van der Waals surface area contributed by atoms with Gasteiger partial charge >= 0.3 is 5.97 Å². The van der Waals surface area contributed by atoms with Crippen molar-refractivity contribution >= 4 is 17.6 Å². The summed E-state index contributed by atoms with van der Waals surface area (Å²) in [5.74, 6) is 0.252. The molecule has 1 aliphatic heterocycles. The highest BCUT2D eigenvalue weighted by molar-refractivity contribution is 5.95. The van der Waals surface area contributed by atoms with Gasteiger partial charge in [0.25, 0.3) is 5.91 Å². The van der Waals surface area contributed by atoms with E-state index < -0.39 is 0 Å². The number of amides is 1. The van der Waals surface area contributed by atoms with Crippen molar-refractivity contribution in [3.05, 3.63) is 83.9 Å². The third-order valence-corrected chi connectivity index (χ3v) is 6.20. The van der Waals surface area contributed by atoms with Crippen molar-refractivity contribution in [3.63, 3.8) is 0 Å². The van der Waals surface area contributed by atoms with Crippen LogP contribution in [-0.2, 0) is 10.2 Å². The van der Waals surface area contributed by atoms with Gasteiger partial charge in [-0.05, 0) is 52.4 Å². The lowest BCUT2D eigenvalue weighted by Gasteiger charge is -2.38. The zero-order valence-electron chi connectivity index (χ0n) is 20.4. The Morgan fingerprint density at radius 2 is 1.32 bits per heavy atom. The van der Waals surface area contributed by atoms with Crippen LogP contribution in [0.25, 0.3) is 11.1 Å². The van der Waals surface area contributed by atoms with Crippen molar-refractivity contribution in [1.29, 1.82) is 0 Å². The van der Waals surface area contributed by atoms with Gasteiger partial charge in [0.15, 0.2) is 0 Å². The average Bonchev–Trinajstić information content (AvgIpc) is 2.83. The van der Waals surface area contributed by atoms with E-state index in [1.54, 1.807) is 12.1 Å². The first-order valence-electron chi connectivity index (χ1n) is 11.7. The first kappa shape index (κ1) is 23.6. The Morgan fingerprint density at radius 1 is 0.765 bits per heavy atom. The fourth-order valence-electron chi connectivity index (χ4n) is 4.40. The molecule has 3 aromatic rings. The number of anilines is 1. The van der Waals surface area contributed by atoms with E-state index in [9.17, 15) is 9.59 Å². The van der Waals surface area contributed by atoms with E-state index in [1.807, 2.05) is 41.3 Å². The summed E-state index contributed by atoms with van der Waals surface area (Å²) < 4.78 is 5.09. The summed E-state index contributed by atoms with van der Waals surface area (Å²) >= 11 is 0. The molecule has 1 fully saturated rings. The maximum atomic E-state index is 13.1. The van der Waals surface area contributed by atoms with Gasteiger partial charge in [-0.25, -0.2) is 0 Å². The van der Waals surface area contributed by atoms with Crippen molar-refractivity contribution in [1.82, 2.24) is 4.90 Å². The lowest BCUT2D eigenvalue weighted by atomic mass is 9.85. The second-order valence-corrected chi connectivity index (χ2v) is 9.74. The Labute approximate surface area is 202 Å². The zero-order valence-corrected chi connectivity index (χ0v) is 20.4. The topological polar surface area (TPSA) is 49.9 Å². The molecule has 5 heteroatoms. The van der Waals surface area contributed by atoms with E-state index in [2.05, 4.69) is 49.9 Å². The molecule has 1 heterocycles. The quantitative estimate of drug-likeness (QED) is 0.382. The van der Waals surface area contributed by atoms with Gasteiger partial charge < -0.3 is 14.5 Å². The molecule has 1 aliphatic rings. The normalized spacial score (nSPS) is 14.1. The Hall–Kier alpha value is -3.60. The molecular formula is C29H32N2O3. The maximum absolute atomic E-state index is 13.1. The highest BCUT2D eigenvalue weighted by atomic mass is 16.5. The van der Waals surface area contributed by atoms with Gasteiger partial charge in [0.05, 0.1) is 0 Å². The molecule has 1 saturated heterocycles. The average molecular weight is 457 g/mol. The second-order valence-electron chi connectivity index (χ2n) is 9.74. The molecule has 0 saturated carbocycles. The number of benzene rings is 3. The number of ether oxygens (including phenoxy) is 1. The van der Waals surface area contributed by atoms with Gasteiger partial charge in [0.2, 0.25) is 0 Å². The lowest BCUT2D eigenvalue weighted by Crippen LogP contribution is -2.49. The van der Waals surface area contributed by atoms with Crippen molar-refractivity contribution in [3.8, 4) is 16.9 Å². The summed E-state index contributed by atoms with van der Waals surface area (Å²) in [6.45, 7) is 11.2. The molecule has 0 atom stereocenters. The van der Waals surface area contributed by atoms with Crippen LogP contribution in [0.1, 0.15) is 43.6 Å². The fraction of sp³-hybridized carbons (Fsp3) is 0.310. The van der Waals surface area contributed by atoms with Crippen LogP contribution in [0.3, 0.4) is 0 Å². The summed E-state index contributed by atoms with van der Waals surface area (Å²) in [7, 11) is 0. The number of rotatable bonds is 4. The van der Waals surface area contributed by atoms with Gasteiger partial charge in [-0.2, -0.15) is 0 Å². The van der Waals surface area contributed by atoms with E-state index in [4.69, 9.17) is 4.74 Å². The predicted molar refractivity (Wildman–Crippen MR) is 136 cm³/mol. The zero-order chi connectivity index (χ0) is 24.3. The largest absolute Gasteiger partial charge is 0.427 e. The fourth-order valence-corrected chi connectivity index (χ4v) is 4.40. The number of hydrogen-bond donors (Lipinski definition) is 0. The molecule has 34 heavy (non-hydrogen) atoms. The van der Waals surface area contributed by atoms with Crippen molar-refractivity contribution < 1.29 is 14.3 Å². The minimum absolute atomic E-state index is 0.0699. The first-order valence-corrected chi connectivity index (χ1v) is 11.7. The van der Waals surface area contributed by atoms with Crippen molar-refractivity contribution in [2.75, 3.05) is 31.1 Å². The van der Waals surface area contributed by atoms with Crippen molar-refractivity contribution in [2.45, 2.75) is 33.1 Å². The highest BCUT2D eigenvalue weighted by Gasteiger charge is 2.26. The summed E-state index contributed by atoms with van der Waals surface area (Å²) in [6, 6.07) is 23.6. The molecule has 0 N–H and O–H groups in total. The Bertz CT molecular complexity index is 1150. The highest BCUT2D eigenvalue weighted by Crippen LogP contribution is 2.32.